The average Bonchev–Trinajstić information content (AvgIpc) is 2.61. The molecule has 0 aliphatic carbocycles. The van der Waals surface area contributed by atoms with Gasteiger partial charge in [0, 0.05) is 41.2 Å². The maximum absolute atomic E-state index is 12.1. The van der Waals surface area contributed by atoms with Gasteiger partial charge in [-0.2, -0.15) is 0 Å². The molecule has 0 bridgehead atoms. The second-order valence-electron chi connectivity index (χ2n) is 5.15. The van der Waals surface area contributed by atoms with Gasteiger partial charge in [0.15, 0.2) is 0 Å². The summed E-state index contributed by atoms with van der Waals surface area (Å²) >= 11 is 0. The summed E-state index contributed by atoms with van der Waals surface area (Å²) in [6, 6.07) is 14.3. The lowest BCUT2D eigenvalue weighted by atomic mass is 10.2. The van der Waals surface area contributed by atoms with Crippen LogP contribution in [0, 0.1) is 0 Å². The number of hydrogen-bond donors (Lipinski definition) is 1. The Morgan fingerprint density at radius 1 is 1.04 bits per heavy atom. The number of hydrogen-bond acceptors (Lipinski definition) is 4. The van der Waals surface area contributed by atoms with E-state index in [1.54, 1.807) is 37.6 Å². The van der Waals surface area contributed by atoms with E-state index in [9.17, 15) is 9.00 Å². The molecule has 1 unspecified atom stereocenters. The first kappa shape index (κ1) is 18.2. The number of carbonyl (C=O) groups excluding carboxylic acids is 1. The van der Waals surface area contributed by atoms with Gasteiger partial charge in [-0.1, -0.05) is 12.1 Å². The zero-order valence-corrected chi connectivity index (χ0v) is 14.6. The monoisotopic (exact) mass is 347 g/mol. The molecule has 0 aliphatic heterocycles. The molecule has 128 valence electrons. The summed E-state index contributed by atoms with van der Waals surface area (Å²) < 4.78 is 21.8. The summed E-state index contributed by atoms with van der Waals surface area (Å²) in [5.74, 6) is 0.606. The van der Waals surface area contributed by atoms with Gasteiger partial charge in [0.1, 0.15) is 12.4 Å². The van der Waals surface area contributed by atoms with Crippen molar-refractivity contribution in [2.45, 2.75) is 11.4 Å². The van der Waals surface area contributed by atoms with Crippen LogP contribution in [-0.4, -0.2) is 36.7 Å². The Kier molecular flexibility index (Phi) is 6.96. The van der Waals surface area contributed by atoms with Gasteiger partial charge >= 0.3 is 0 Å². The molecular weight excluding hydrogens is 326 g/mol. The van der Waals surface area contributed by atoms with Crippen molar-refractivity contribution in [1.29, 1.82) is 0 Å². The number of benzene rings is 2. The van der Waals surface area contributed by atoms with Gasteiger partial charge in [0.05, 0.1) is 6.61 Å². The highest BCUT2D eigenvalue weighted by atomic mass is 32.2. The molecule has 0 saturated heterocycles. The second-order valence-corrected chi connectivity index (χ2v) is 6.53. The molecule has 2 rings (SSSR count). The lowest BCUT2D eigenvalue weighted by Crippen LogP contribution is -2.22. The van der Waals surface area contributed by atoms with Crippen LogP contribution in [0.25, 0.3) is 0 Å². The zero-order valence-electron chi connectivity index (χ0n) is 13.8. The Morgan fingerprint density at radius 3 is 2.29 bits per heavy atom. The predicted octanol–water partition coefficient (Wildman–Crippen LogP) is 2.38. The van der Waals surface area contributed by atoms with Crippen LogP contribution >= 0.6 is 0 Å². The lowest BCUT2D eigenvalue weighted by molar-refractivity contribution is 0.0951. The van der Waals surface area contributed by atoms with Gasteiger partial charge in [-0.25, -0.2) is 0 Å². The molecule has 0 aliphatic rings. The Bertz CT molecular complexity index is 683. The van der Waals surface area contributed by atoms with Crippen LogP contribution in [-0.2, 0) is 22.1 Å². The van der Waals surface area contributed by atoms with Crippen LogP contribution in [0.4, 0.5) is 0 Å². The summed E-state index contributed by atoms with van der Waals surface area (Å²) in [7, 11) is 0.588. The number of amides is 1. The molecule has 0 fully saturated rings. The smallest absolute Gasteiger partial charge is 0.251 e. The molecule has 0 radical (unpaired) electrons. The Morgan fingerprint density at radius 2 is 1.71 bits per heavy atom. The summed E-state index contributed by atoms with van der Waals surface area (Å²) in [4.78, 5) is 12.8. The molecule has 1 amide bonds. The van der Waals surface area contributed by atoms with Crippen molar-refractivity contribution in [3.05, 3.63) is 59.7 Å². The quantitative estimate of drug-likeness (QED) is 0.745. The van der Waals surface area contributed by atoms with E-state index in [0.717, 1.165) is 11.3 Å². The molecule has 0 heterocycles. The summed E-state index contributed by atoms with van der Waals surface area (Å²) in [6.07, 6.45) is 1.61. The molecular formula is C18H21NO4S. The normalized spacial score (nSPS) is 11.8. The maximum atomic E-state index is 12.1. The van der Waals surface area contributed by atoms with E-state index in [1.165, 1.54) is 0 Å². The Hall–Kier alpha value is -2.18. The lowest BCUT2D eigenvalue weighted by Gasteiger charge is -2.08. The molecule has 1 atom stereocenters. The van der Waals surface area contributed by atoms with E-state index in [2.05, 4.69) is 5.32 Å². The molecule has 0 spiro atoms. The molecule has 1 N–H and O–H groups in total. The molecule has 0 saturated carbocycles. The third kappa shape index (κ3) is 5.47. The number of carbonyl (C=O) groups is 1. The zero-order chi connectivity index (χ0) is 17.4. The predicted molar refractivity (Wildman–Crippen MR) is 93.8 cm³/mol. The molecule has 6 heteroatoms. The van der Waals surface area contributed by atoms with Gasteiger partial charge in [-0.15, -0.1) is 0 Å². The van der Waals surface area contributed by atoms with E-state index in [0.29, 0.717) is 30.2 Å². The Labute approximate surface area is 144 Å². The fourth-order valence-electron chi connectivity index (χ4n) is 2.03. The maximum Gasteiger partial charge on any atom is 0.251 e. The van der Waals surface area contributed by atoms with Crippen LogP contribution in [0.1, 0.15) is 15.9 Å². The highest BCUT2D eigenvalue weighted by Crippen LogP contribution is 2.12. The number of methoxy groups -OCH3 is 1. The van der Waals surface area contributed by atoms with Gasteiger partial charge < -0.3 is 14.8 Å². The first-order valence-corrected chi connectivity index (χ1v) is 9.08. The summed E-state index contributed by atoms with van der Waals surface area (Å²) in [6.45, 7) is 1.48. The molecule has 24 heavy (non-hydrogen) atoms. The SMILES string of the molecule is COCCOc1ccc(CNC(=O)c2ccc(S(C)=O)cc2)cc1. The van der Waals surface area contributed by atoms with Gasteiger partial charge in [0.2, 0.25) is 0 Å². The van der Waals surface area contributed by atoms with Crippen molar-refractivity contribution in [3.63, 3.8) is 0 Å². The fraction of sp³-hybridized carbons (Fsp3) is 0.278. The standard InChI is InChI=1S/C18H21NO4S/c1-22-11-12-23-16-7-3-14(4-8-16)13-19-18(20)15-5-9-17(10-6-15)24(2)21/h3-10H,11-13H2,1-2H3,(H,19,20). The number of rotatable bonds is 8. The van der Waals surface area contributed by atoms with Crippen LogP contribution in [0.15, 0.2) is 53.4 Å². The van der Waals surface area contributed by atoms with Crippen molar-refractivity contribution in [1.82, 2.24) is 5.32 Å². The highest BCUT2D eigenvalue weighted by molar-refractivity contribution is 7.84. The van der Waals surface area contributed by atoms with Crippen LogP contribution in [0.3, 0.4) is 0 Å². The van der Waals surface area contributed by atoms with E-state index in [1.807, 2.05) is 24.3 Å². The first-order chi connectivity index (χ1) is 11.6. The summed E-state index contributed by atoms with van der Waals surface area (Å²) in [5, 5.41) is 2.86. The number of nitrogens with one attached hydrogen (secondary N) is 1. The second kappa shape index (κ2) is 9.20. The largest absolute Gasteiger partial charge is 0.491 e. The van der Waals surface area contributed by atoms with E-state index >= 15 is 0 Å². The van der Waals surface area contributed by atoms with Crippen molar-refractivity contribution >= 4 is 16.7 Å². The van der Waals surface area contributed by atoms with E-state index in [4.69, 9.17) is 9.47 Å². The van der Waals surface area contributed by atoms with Crippen LogP contribution in [0.5, 0.6) is 5.75 Å². The van der Waals surface area contributed by atoms with Gasteiger partial charge in [0.25, 0.3) is 5.91 Å². The van der Waals surface area contributed by atoms with Crippen molar-refractivity contribution in [3.8, 4) is 5.75 Å². The topological polar surface area (TPSA) is 64.6 Å². The molecule has 2 aromatic carbocycles. The Balaban J connectivity index is 1.85. The fourth-order valence-corrected chi connectivity index (χ4v) is 2.55. The van der Waals surface area contributed by atoms with Crippen molar-refractivity contribution in [2.24, 2.45) is 0 Å². The molecule has 0 aromatic heterocycles. The minimum atomic E-state index is -1.04. The van der Waals surface area contributed by atoms with Crippen LogP contribution in [0.2, 0.25) is 0 Å². The van der Waals surface area contributed by atoms with E-state index in [-0.39, 0.29) is 5.91 Å². The molecule has 2 aromatic rings. The third-order valence-electron chi connectivity index (χ3n) is 3.38. The van der Waals surface area contributed by atoms with E-state index < -0.39 is 10.8 Å². The third-order valence-corrected chi connectivity index (χ3v) is 4.32. The first-order valence-electron chi connectivity index (χ1n) is 7.52. The van der Waals surface area contributed by atoms with Crippen molar-refractivity contribution < 1.29 is 18.5 Å². The van der Waals surface area contributed by atoms with Crippen molar-refractivity contribution in [2.75, 3.05) is 26.6 Å². The van der Waals surface area contributed by atoms with Gasteiger partial charge in [-0.3, -0.25) is 9.00 Å². The minimum absolute atomic E-state index is 0.163. The van der Waals surface area contributed by atoms with Crippen LogP contribution < -0.4 is 10.1 Å². The summed E-state index contributed by atoms with van der Waals surface area (Å²) in [5.41, 5.74) is 1.53. The molecule has 5 nitrogen and oxygen atoms in total. The number of ether oxygens (including phenoxy) is 2. The average molecular weight is 347 g/mol. The minimum Gasteiger partial charge on any atom is -0.491 e. The highest BCUT2D eigenvalue weighted by Gasteiger charge is 2.06. The van der Waals surface area contributed by atoms with Gasteiger partial charge in [-0.05, 0) is 42.0 Å².